The fraction of sp³-hybridized carbons (Fsp3) is 0.529. The van der Waals surface area contributed by atoms with E-state index >= 15 is 0 Å². The molecule has 0 amide bonds. The largest absolute Gasteiger partial charge is 0.506 e. The highest BCUT2D eigenvalue weighted by Crippen LogP contribution is 2.31. The van der Waals surface area contributed by atoms with Gasteiger partial charge in [0.2, 0.25) is 0 Å². The van der Waals surface area contributed by atoms with E-state index < -0.39 is 0 Å². The van der Waals surface area contributed by atoms with E-state index in [1.165, 1.54) is 36.6 Å². The minimum Gasteiger partial charge on any atom is -0.506 e. The van der Waals surface area contributed by atoms with Gasteiger partial charge in [-0.05, 0) is 38.3 Å². The maximum Gasteiger partial charge on any atom is 0.139 e. The van der Waals surface area contributed by atoms with Gasteiger partial charge in [0, 0.05) is 30.2 Å². The lowest BCUT2D eigenvalue weighted by molar-refractivity contribution is 0.475. The SMILES string of the molecule is CC(C)n1cc(CNC2CCCC2)c2cccc(O)c21. The molecule has 1 saturated carbocycles. The number of aromatic nitrogens is 1. The van der Waals surface area contributed by atoms with Crippen LogP contribution in [0.15, 0.2) is 24.4 Å². The number of hydrogen-bond acceptors (Lipinski definition) is 2. The highest BCUT2D eigenvalue weighted by molar-refractivity contribution is 5.89. The van der Waals surface area contributed by atoms with Gasteiger partial charge in [0.1, 0.15) is 5.75 Å². The Morgan fingerprint density at radius 3 is 2.75 bits per heavy atom. The van der Waals surface area contributed by atoms with Crippen molar-refractivity contribution >= 4 is 10.9 Å². The lowest BCUT2D eigenvalue weighted by Gasteiger charge is -2.11. The van der Waals surface area contributed by atoms with Crippen LogP contribution in [0.1, 0.15) is 51.1 Å². The molecule has 0 radical (unpaired) electrons. The third-order valence-electron chi connectivity index (χ3n) is 4.41. The van der Waals surface area contributed by atoms with Gasteiger partial charge in [0.25, 0.3) is 0 Å². The number of nitrogens with one attached hydrogen (secondary N) is 1. The Morgan fingerprint density at radius 1 is 1.30 bits per heavy atom. The summed E-state index contributed by atoms with van der Waals surface area (Å²) in [6.45, 7) is 5.20. The summed E-state index contributed by atoms with van der Waals surface area (Å²) in [4.78, 5) is 0. The lowest BCUT2D eigenvalue weighted by Crippen LogP contribution is -2.25. The summed E-state index contributed by atoms with van der Waals surface area (Å²) in [6.07, 6.45) is 7.50. The molecule has 2 N–H and O–H groups in total. The van der Waals surface area contributed by atoms with E-state index in [4.69, 9.17) is 0 Å². The number of fused-ring (bicyclic) bond motifs is 1. The Hall–Kier alpha value is -1.48. The number of rotatable bonds is 4. The molecular formula is C17H24N2O. The van der Waals surface area contributed by atoms with Gasteiger partial charge in [-0.15, -0.1) is 0 Å². The van der Waals surface area contributed by atoms with Crippen molar-refractivity contribution in [2.24, 2.45) is 0 Å². The standard InChI is InChI=1S/C17H24N2O/c1-12(2)19-11-13(10-18-14-6-3-4-7-14)15-8-5-9-16(20)17(15)19/h5,8-9,11-12,14,18,20H,3-4,6-7,10H2,1-2H3. The van der Waals surface area contributed by atoms with E-state index in [1.807, 2.05) is 6.07 Å². The molecule has 20 heavy (non-hydrogen) atoms. The first-order chi connectivity index (χ1) is 9.66. The Kier molecular flexibility index (Phi) is 3.70. The zero-order valence-corrected chi connectivity index (χ0v) is 12.4. The molecule has 0 saturated heterocycles. The van der Waals surface area contributed by atoms with E-state index in [0.29, 0.717) is 17.8 Å². The molecule has 108 valence electrons. The minimum absolute atomic E-state index is 0.353. The van der Waals surface area contributed by atoms with Crippen molar-refractivity contribution in [2.75, 3.05) is 0 Å². The van der Waals surface area contributed by atoms with Crippen molar-refractivity contribution in [1.82, 2.24) is 9.88 Å². The molecule has 3 nitrogen and oxygen atoms in total. The van der Waals surface area contributed by atoms with Crippen molar-refractivity contribution in [1.29, 1.82) is 0 Å². The summed E-state index contributed by atoms with van der Waals surface area (Å²) in [5, 5.41) is 15.0. The number of phenols is 1. The quantitative estimate of drug-likeness (QED) is 0.884. The molecule has 0 aliphatic heterocycles. The van der Waals surface area contributed by atoms with Gasteiger partial charge >= 0.3 is 0 Å². The van der Waals surface area contributed by atoms with Crippen LogP contribution in [0.3, 0.4) is 0 Å². The molecule has 0 unspecified atom stereocenters. The number of aromatic hydroxyl groups is 1. The highest BCUT2D eigenvalue weighted by atomic mass is 16.3. The molecule has 1 fully saturated rings. The van der Waals surface area contributed by atoms with E-state index in [2.05, 4.69) is 36.0 Å². The second-order valence-electron chi connectivity index (χ2n) is 6.19. The van der Waals surface area contributed by atoms with Crippen molar-refractivity contribution in [3.63, 3.8) is 0 Å². The second-order valence-corrected chi connectivity index (χ2v) is 6.19. The number of hydrogen-bond donors (Lipinski definition) is 2. The smallest absolute Gasteiger partial charge is 0.139 e. The van der Waals surface area contributed by atoms with Crippen molar-refractivity contribution in [2.45, 2.75) is 58.2 Å². The Morgan fingerprint density at radius 2 is 2.05 bits per heavy atom. The summed E-state index contributed by atoms with van der Waals surface area (Å²) < 4.78 is 2.18. The predicted molar refractivity (Wildman–Crippen MR) is 83.1 cm³/mol. The molecule has 1 aromatic carbocycles. The van der Waals surface area contributed by atoms with Gasteiger partial charge < -0.3 is 15.0 Å². The van der Waals surface area contributed by atoms with Crippen LogP contribution in [0.2, 0.25) is 0 Å². The van der Waals surface area contributed by atoms with Crippen molar-refractivity contribution < 1.29 is 5.11 Å². The summed E-state index contributed by atoms with van der Waals surface area (Å²) >= 11 is 0. The van der Waals surface area contributed by atoms with Crippen LogP contribution in [0.5, 0.6) is 5.75 Å². The zero-order valence-electron chi connectivity index (χ0n) is 12.4. The first kappa shape index (κ1) is 13.5. The fourth-order valence-corrected chi connectivity index (χ4v) is 3.30. The fourth-order valence-electron chi connectivity index (χ4n) is 3.30. The Balaban J connectivity index is 1.92. The maximum atomic E-state index is 10.2. The van der Waals surface area contributed by atoms with Crippen molar-refractivity contribution in [3.8, 4) is 5.75 Å². The van der Waals surface area contributed by atoms with Crippen LogP contribution < -0.4 is 5.32 Å². The van der Waals surface area contributed by atoms with Gasteiger partial charge in [-0.1, -0.05) is 25.0 Å². The zero-order chi connectivity index (χ0) is 14.1. The molecule has 3 rings (SSSR count). The molecule has 1 aliphatic rings. The first-order valence-electron chi connectivity index (χ1n) is 7.71. The molecule has 1 aliphatic carbocycles. The van der Waals surface area contributed by atoms with Gasteiger partial charge in [0.05, 0.1) is 5.52 Å². The number of phenolic OH excluding ortho intramolecular Hbond substituents is 1. The first-order valence-corrected chi connectivity index (χ1v) is 7.71. The number of benzene rings is 1. The summed E-state index contributed by atoms with van der Waals surface area (Å²) in [6, 6.07) is 6.84. The van der Waals surface area contributed by atoms with Gasteiger partial charge in [-0.25, -0.2) is 0 Å². The van der Waals surface area contributed by atoms with Crippen LogP contribution in [0.25, 0.3) is 10.9 Å². The van der Waals surface area contributed by atoms with E-state index in [9.17, 15) is 5.11 Å². The van der Waals surface area contributed by atoms with Crippen LogP contribution in [0.4, 0.5) is 0 Å². The second kappa shape index (κ2) is 5.49. The lowest BCUT2D eigenvalue weighted by atomic mass is 10.1. The molecule has 0 spiro atoms. The third kappa shape index (κ3) is 2.42. The summed E-state index contributed by atoms with van der Waals surface area (Å²) in [7, 11) is 0. The Bertz CT molecular complexity index is 594. The van der Waals surface area contributed by atoms with Gasteiger partial charge in [0.15, 0.2) is 0 Å². The normalized spacial score (nSPS) is 16.6. The summed E-state index contributed by atoms with van der Waals surface area (Å²) in [5.41, 5.74) is 2.25. The number of nitrogens with zero attached hydrogens (tertiary/aromatic N) is 1. The molecule has 3 heteroatoms. The summed E-state index contributed by atoms with van der Waals surface area (Å²) in [5.74, 6) is 0.378. The van der Waals surface area contributed by atoms with Crippen LogP contribution in [0, 0.1) is 0 Å². The average molecular weight is 272 g/mol. The third-order valence-corrected chi connectivity index (χ3v) is 4.41. The average Bonchev–Trinajstić information content (AvgIpc) is 3.04. The molecule has 1 heterocycles. The topological polar surface area (TPSA) is 37.2 Å². The molecule has 2 aromatic rings. The maximum absolute atomic E-state index is 10.2. The molecular weight excluding hydrogens is 248 g/mol. The molecule has 0 atom stereocenters. The predicted octanol–water partition coefficient (Wildman–Crippen LogP) is 3.96. The van der Waals surface area contributed by atoms with E-state index in [1.54, 1.807) is 6.07 Å². The minimum atomic E-state index is 0.353. The van der Waals surface area contributed by atoms with Gasteiger partial charge in [-0.2, -0.15) is 0 Å². The Labute approximate surface area is 120 Å². The van der Waals surface area contributed by atoms with Crippen LogP contribution in [-0.2, 0) is 6.54 Å². The highest BCUT2D eigenvalue weighted by Gasteiger charge is 2.17. The van der Waals surface area contributed by atoms with E-state index in [-0.39, 0.29) is 0 Å². The van der Waals surface area contributed by atoms with E-state index in [0.717, 1.165) is 12.1 Å². The monoisotopic (exact) mass is 272 g/mol. The van der Waals surface area contributed by atoms with Crippen LogP contribution in [-0.4, -0.2) is 15.7 Å². The molecule has 1 aromatic heterocycles. The van der Waals surface area contributed by atoms with Crippen LogP contribution >= 0.6 is 0 Å². The number of para-hydroxylation sites is 1. The van der Waals surface area contributed by atoms with Crippen molar-refractivity contribution in [3.05, 3.63) is 30.0 Å². The van der Waals surface area contributed by atoms with Gasteiger partial charge in [-0.3, -0.25) is 0 Å². The molecule has 0 bridgehead atoms.